The summed E-state index contributed by atoms with van der Waals surface area (Å²) in [5, 5.41) is 5.62. The van der Waals surface area contributed by atoms with Crippen LogP contribution < -0.4 is 15.5 Å². The first-order valence-electron chi connectivity index (χ1n) is 11.6. The molecule has 0 aliphatic heterocycles. The summed E-state index contributed by atoms with van der Waals surface area (Å²) in [6, 6.07) is 10.7. The normalized spacial score (nSPS) is 14.7. The van der Waals surface area contributed by atoms with Gasteiger partial charge in [0.2, 0.25) is 11.8 Å². The summed E-state index contributed by atoms with van der Waals surface area (Å²) in [5.41, 5.74) is 0.868. The van der Waals surface area contributed by atoms with Gasteiger partial charge in [0, 0.05) is 24.1 Å². The first-order chi connectivity index (χ1) is 17.0. The molecule has 35 heavy (non-hydrogen) atoms. The molecular formula is C26H27FN4O4. The molecule has 8 nitrogen and oxygen atoms in total. The zero-order chi connectivity index (χ0) is 24.6. The fourth-order valence-electron chi connectivity index (χ4n) is 4.27. The SMILES string of the molecule is O=C(NCC(=O)N(c1ccc(F)cc1)[C@@H](C(=O)NC1CCCCC1)c1ccncc1)c1ccco1. The minimum Gasteiger partial charge on any atom is -0.459 e. The van der Waals surface area contributed by atoms with Crippen LogP contribution in [0.25, 0.3) is 0 Å². The average molecular weight is 479 g/mol. The summed E-state index contributed by atoms with van der Waals surface area (Å²) in [7, 11) is 0. The molecule has 4 rings (SSSR count). The maximum absolute atomic E-state index is 13.7. The molecule has 3 aromatic rings. The van der Waals surface area contributed by atoms with Gasteiger partial charge in [-0.05, 0) is 66.9 Å². The highest BCUT2D eigenvalue weighted by Crippen LogP contribution is 2.29. The van der Waals surface area contributed by atoms with Crippen LogP contribution in [-0.2, 0) is 9.59 Å². The molecule has 9 heteroatoms. The zero-order valence-electron chi connectivity index (χ0n) is 19.2. The second-order valence-corrected chi connectivity index (χ2v) is 8.43. The Morgan fingerprint density at radius 1 is 1.03 bits per heavy atom. The quantitative estimate of drug-likeness (QED) is 0.513. The van der Waals surface area contributed by atoms with Gasteiger partial charge in [0.25, 0.3) is 5.91 Å². The number of nitrogens with one attached hydrogen (secondary N) is 2. The van der Waals surface area contributed by atoms with Crippen molar-refractivity contribution in [3.05, 3.63) is 84.3 Å². The highest BCUT2D eigenvalue weighted by molar-refractivity contribution is 6.04. The fourth-order valence-corrected chi connectivity index (χ4v) is 4.27. The van der Waals surface area contributed by atoms with Crippen molar-refractivity contribution < 1.29 is 23.2 Å². The molecule has 2 aromatic heterocycles. The van der Waals surface area contributed by atoms with E-state index in [1.165, 1.54) is 41.5 Å². The van der Waals surface area contributed by atoms with Crippen LogP contribution in [0.15, 0.2) is 71.6 Å². The molecule has 0 unspecified atom stereocenters. The van der Waals surface area contributed by atoms with E-state index in [2.05, 4.69) is 15.6 Å². The van der Waals surface area contributed by atoms with Crippen molar-refractivity contribution in [2.24, 2.45) is 0 Å². The van der Waals surface area contributed by atoms with E-state index < -0.39 is 30.2 Å². The Morgan fingerprint density at radius 3 is 2.40 bits per heavy atom. The van der Waals surface area contributed by atoms with E-state index in [4.69, 9.17) is 4.42 Å². The fraction of sp³-hybridized carbons (Fsp3) is 0.308. The Balaban J connectivity index is 1.65. The Labute approximate surface area is 202 Å². The van der Waals surface area contributed by atoms with Gasteiger partial charge in [0.05, 0.1) is 12.8 Å². The van der Waals surface area contributed by atoms with Crippen LogP contribution in [0.1, 0.15) is 54.3 Å². The lowest BCUT2D eigenvalue weighted by atomic mass is 9.94. The molecule has 2 heterocycles. The lowest BCUT2D eigenvalue weighted by molar-refractivity contribution is -0.127. The molecule has 0 saturated heterocycles. The summed E-state index contributed by atoms with van der Waals surface area (Å²) >= 11 is 0. The topological polar surface area (TPSA) is 105 Å². The van der Waals surface area contributed by atoms with E-state index >= 15 is 0 Å². The van der Waals surface area contributed by atoms with Gasteiger partial charge < -0.3 is 15.1 Å². The highest BCUT2D eigenvalue weighted by Gasteiger charge is 2.34. The number of benzene rings is 1. The van der Waals surface area contributed by atoms with E-state index in [-0.39, 0.29) is 17.7 Å². The average Bonchev–Trinajstić information content (AvgIpc) is 3.43. The van der Waals surface area contributed by atoms with Gasteiger partial charge in [0.15, 0.2) is 5.76 Å². The summed E-state index contributed by atoms with van der Waals surface area (Å²) in [5.74, 6) is -1.86. The maximum Gasteiger partial charge on any atom is 0.287 e. The van der Waals surface area contributed by atoms with E-state index in [1.807, 2.05) is 0 Å². The number of furan rings is 1. The monoisotopic (exact) mass is 478 g/mol. The number of pyridine rings is 1. The lowest BCUT2D eigenvalue weighted by Gasteiger charge is -2.33. The molecule has 1 aromatic carbocycles. The van der Waals surface area contributed by atoms with Crippen LogP contribution in [0.3, 0.4) is 0 Å². The van der Waals surface area contributed by atoms with Gasteiger partial charge in [-0.3, -0.25) is 24.3 Å². The Morgan fingerprint density at radius 2 is 1.74 bits per heavy atom. The third-order valence-electron chi connectivity index (χ3n) is 6.00. The van der Waals surface area contributed by atoms with Crippen molar-refractivity contribution in [2.75, 3.05) is 11.4 Å². The number of amides is 3. The standard InChI is InChI=1S/C26H27FN4O4/c27-19-8-10-21(11-9-19)31(23(32)17-29-25(33)22-7-4-16-35-22)24(18-12-14-28-15-13-18)26(34)30-20-5-2-1-3-6-20/h4,7-16,20,24H,1-3,5-6,17H2,(H,29,33)(H,30,34)/t24-/m1/s1. The molecule has 0 bridgehead atoms. The number of hydrogen-bond acceptors (Lipinski definition) is 5. The number of halogens is 1. The number of hydrogen-bond donors (Lipinski definition) is 2. The number of carbonyl (C=O) groups is 3. The molecule has 0 radical (unpaired) electrons. The van der Waals surface area contributed by atoms with Crippen molar-refractivity contribution in [1.82, 2.24) is 15.6 Å². The van der Waals surface area contributed by atoms with Gasteiger partial charge in [-0.2, -0.15) is 0 Å². The van der Waals surface area contributed by atoms with Crippen LogP contribution in [0, 0.1) is 5.82 Å². The van der Waals surface area contributed by atoms with Crippen molar-refractivity contribution in [1.29, 1.82) is 0 Å². The number of aromatic nitrogens is 1. The summed E-state index contributed by atoms with van der Waals surface area (Å²) in [6.07, 6.45) is 9.39. The van der Waals surface area contributed by atoms with Gasteiger partial charge >= 0.3 is 0 Å². The molecule has 1 fully saturated rings. The largest absolute Gasteiger partial charge is 0.459 e. The number of nitrogens with zero attached hydrogens (tertiary/aromatic N) is 2. The molecule has 3 amide bonds. The highest BCUT2D eigenvalue weighted by atomic mass is 19.1. The second-order valence-electron chi connectivity index (χ2n) is 8.43. The third kappa shape index (κ3) is 6.11. The van der Waals surface area contributed by atoms with Crippen molar-refractivity contribution in [3.63, 3.8) is 0 Å². The van der Waals surface area contributed by atoms with E-state index in [0.29, 0.717) is 11.3 Å². The lowest BCUT2D eigenvalue weighted by Crippen LogP contribution is -2.49. The van der Waals surface area contributed by atoms with E-state index in [1.54, 1.807) is 30.6 Å². The van der Waals surface area contributed by atoms with Gasteiger partial charge in [0.1, 0.15) is 11.9 Å². The van der Waals surface area contributed by atoms with Crippen LogP contribution in [-0.4, -0.2) is 35.3 Å². The summed E-state index contributed by atoms with van der Waals surface area (Å²) < 4.78 is 18.8. The van der Waals surface area contributed by atoms with E-state index in [0.717, 1.165) is 32.1 Å². The van der Waals surface area contributed by atoms with Gasteiger partial charge in [-0.1, -0.05) is 19.3 Å². The molecule has 0 spiro atoms. The summed E-state index contributed by atoms with van der Waals surface area (Å²) in [4.78, 5) is 44.8. The molecular weight excluding hydrogens is 451 g/mol. The van der Waals surface area contributed by atoms with Crippen LogP contribution in [0.4, 0.5) is 10.1 Å². The first-order valence-corrected chi connectivity index (χ1v) is 11.6. The maximum atomic E-state index is 13.7. The number of anilines is 1. The molecule has 1 saturated carbocycles. The molecule has 1 aliphatic rings. The Kier molecular flexibility index (Phi) is 7.87. The number of carbonyl (C=O) groups excluding carboxylic acids is 3. The molecule has 1 atom stereocenters. The smallest absolute Gasteiger partial charge is 0.287 e. The minimum atomic E-state index is -1.04. The van der Waals surface area contributed by atoms with E-state index in [9.17, 15) is 18.8 Å². The third-order valence-corrected chi connectivity index (χ3v) is 6.00. The van der Waals surface area contributed by atoms with Gasteiger partial charge in [-0.25, -0.2) is 4.39 Å². The predicted octanol–water partition coefficient (Wildman–Crippen LogP) is 3.77. The second kappa shape index (κ2) is 11.4. The predicted molar refractivity (Wildman–Crippen MR) is 127 cm³/mol. The van der Waals surface area contributed by atoms with Crippen LogP contribution >= 0.6 is 0 Å². The van der Waals surface area contributed by atoms with Crippen molar-refractivity contribution in [3.8, 4) is 0 Å². The Hall–Kier alpha value is -4.01. The van der Waals surface area contributed by atoms with Crippen LogP contribution in [0.2, 0.25) is 0 Å². The van der Waals surface area contributed by atoms with Gasteiger partial charge in [-0.15, -0.1) is 0 Å². The van der Waals surface area contributed by atoms with Crippen molar-refractivity contribution in [2.45, 2.75) is 44.2 Å². The Bertz CT molecular complexity index is 1130. The first kappa shape index (κ1) is 24.1. The molecule has 182 valence electrons. The molecule has 2 N–H and O–H groups in total. The van der Waals surface area contributed by atoms with Crippen molar-refractivity contribution >= 4 is 23.4 Å². The minimum absolute atomic E-state index is 0.0180. The molecule has 1 aliphatic carbocycles. The summed E-state index contributed by atoms with van der Waals surface area (Å²) in [6.45, 7) is -0.394. The van der Waals surface area contributed by atoms with Crippen LogP contribution in [0.5, 0.6) is 0 Å². The zero-order valence-corrected chi connectivity index (χ0v) is 19.2. The number of rotatable bonds is 8.